The van der Waals surface area contributed by atoms with Gasteiger partial charge < -0.3 is 4.74 Å². The van der Waals surface area contributed by atoms with Gasteiger partial charge in [-0.1, -0.05) is 18.2 Å². The summed E-state index contributed by atoms with van der Waals surface area (Å²) < 4.78 is 32.3. The Bertz CT molecular complexity index is 665. The van der Waals surface area contributed by atoms with E-state index in [9.17, 15) is 13.6 Å². The van der Waals surface area contributed by atoms with Crippen molar-refractivity contribution in [2.45, 2.75) is 6.42 Å². The van der Waals surface area contributed by atoms with Crippen LogP contribution < -0.4 is 4.74 Å². The van der Waals surface area contributed by atoms with E-state index in [0.29, 0.717) is 29.9 Å². The zero-order chi connectivity index (χ0) is 13.4. The highest BCUT2D eigenvalue weighted by atomic mass is 19.2. The summed E-state index contributed by atoms with van der Waals surface area (Å²) in [5.74, 6) is -1.36. The molecule has 1 heterocycles. The normalized spacial score (nSPS) is 13.9. The lowest BCUT2D eigenvalue weighted by molar-refractivity contribution is 0.0933. The summed E-state index contributed by atoms with van der Waals surface area (Å²) in [4.78, 5) is 11.6. The molecule has 2 nitrogen and oxygen atoms in total. The lowest BCUT2D eigenvalue weighted by Crippen LogP contribution is -2.15. The van der Waals surface area contributed by atoms with Crippen molar-refractivity contribution in [3.8, 4) is 16.9 Å². The van der Waals surface area contributed by atoms with Crippen LogP contribution in [0.4, 0.5) is 8.78 Å². The Hall–Kier alpha value is -2.23. The van der Waals surface area contributed by atoms with E-state index in [0.717, 1.165) is 6.07 Å². The first-order chi connectivity index (χ1) is 9.16. The second-order valence-corrected chi connectivity index (χ2v) is 4.33. The van der Waals surface area contributed by atoms with Gasteiger partial charge >= 0.3 is 0 Å². The van der Waals surface area contributed by atoms with E-state index in [1.165, 1.54) is 12.1 Å². The minimum Gasteiger partial charge on any atom is -0.492 e. The zero-order valence-corrected chi connectivity index (χ0v) is 9.95. The topological polar surface area (TPSA) is 26.3 Å². The van der Waals surface area contributed by atoms with Crippen LogP contribution in [0, 0.1) is 11.6 Å². The third-order valence-electron chi connectivity index (χ3n) is 3.13. The number of ether oxygens (including phenoxy) is 1. The largest absolute Gasteiger partial charge is 0.492 e. The van der Waals surface area contributed by atoms with Gasteiger partial charge in [-0.3, -0.25) is 4.79 Å². The first-order valence-corrected chi connectivity index (χ1v) is 5.91. The number of fused-ring (bicyclic) bond motifs is 1. The van der Waals surface area contributed by atoms with Crippen molar-refractivity contribution in [3.05, 3.63) is 53.6 Å². The predicted molar refractivity (Wildman–Crippen MR) is 66.2 cm³/mol. The Morgan fingerprint density at radius 2 is 1.89 bits per heavy atom. The Balaban J connectivity index is 2.12. The molecule has 4 heteroatoms. The average Bonchev–Trinajstić information content (AvgIpc) is 2.42. The fraction of sp³-hybridized carbons (Fsp3) is 0.133. The van der Waals surface area contributed by atoms with Gasteiger partial charge in [0.1, 0.15) is 5.75 Å². The smallest absolute Gasteiger partial charge is 0.169 e. The molecule has 0 saturated heterocycles. The van der Waals surface area contributed by atoms with E-state index in [1.54, 1.807) is 18.2 Å². The zero-order valence-electron chi connectivity index (χ0n) is 9.95. The van der Waals surface area contributed by atoms with Crippen molar-refractivity contribution in [1.82, 2.24) is 0 Å². The SMILES string of the molecule is O=C1CCOc2cc(-c3cccc(F)c3F)ccc21. The molecule has 0 aromatic heterocycles. The summed E-state index contributed by atoms with van der Waals surface area (Å²) in [6, 6.07) is 8.77. The van der Waals surface area contributed by atoms with Gasteiger partial charge in [-0.05, 0) is 23.8 Å². The fourth-order valence-electron chi connectivity index (χ4n) is 2.15. The number of carbonyl (C=O) groups is 1. The minimum atomic E-state index is -0.899. The van der Waals surface area contributed by atoms with E-state index in [2.05, 4.69) is 0 Å². The number of Topliss-reactive ketones (excluding diaryl/α,β-unsaturated/α-hetero) is 1. The summed E-state index contributed by atoms with van der Waals surface area (Å²) >= 11 is 0. The van der Waals surface area contributed by atoms with Crippen LogP contribution in [-0.2, 0) is 0 Å². The van der Waals surface area contributed by atoms with Gasteiger partial charge in [-0.25, -0.2) is 8.78 Å². The lowest BCUT2D eigenvalue weighted by atomic mass is 9.98. The Labute approximate surface area is 108 Å². The minimum absolute atomic E-state index is 0.00696. The predicted octanol–water partition coefficient (Wildman–Crippen LogP) is 3.60. The molecule has 0 aliphatic carbocycles. The quantitative estimate of drug-likeness (QED) is 0.783. The maximum Gasteiger partial charge on any atom is 0.169 e. The standard InChI is InChI=1S/C15H10F2O2/c16-12-3-1-2-10(15(12)17)9-4-5-11-13(18)6-7-19-14(11)8-9/h1-5,8H,6-7H2. The molecule has 1 aliphatic heterocycles. The molecule has 0 fully saturated rings. The molecule has 2 aromatic rings. The van der Waals surface area contributed by atoms with Crippen molar-refractivity contribution >= 4 is 5.78 Å². The number of halogens is 2. The van der Waals surface area contributed by atoms with E-state index in [4.69, 9.17) is 4.74 Å². The second kappa shape index (κ2) is 4.46. The highest BCUT2D eigenvalue weighted by Gasteiger charge is 2.19. The van der Waals surface area contributed by atoms with Crippen LogP contribution in [0.15, 0.2) is 36.4 Å². The van der Waals surface area contributed by atoms with Crippen LogP contribution in [-0.4, -0.2) is 12.4 Å². The van der Waals surface area contributed by atoms with E-state index < -0.39 is 11.6 Å². The average molecular weight is 260 g/mol. The molecule has 0 amide bonds. The maximum atomic E-state index is 13.7. The van der Waals surface area contributed by atoms with Crippen LogP contribution in [0.5, 0.6) is 5.75 Å². The number of hydrogen-bond acceptors (Lipinski definition) is 2. The summed E-state index contributed by atoms with van der Waals surface area (Å²) in [7, 11) is 0. The highest BCUT2D eigenvalue weighted by Crippen LogP contribution is 2.32. The summed E-state index contributed by atoms with van der Waals surface area (Å²) in [5, 5.41) is 0. The number of ketones is 1. The van der Waals surface area contributed by atoms with Gasteiger partial charge in [0.05, 0.1) is 12.2 Å². The molecule has 0 atom stereocenters. The van der Waals surface area contributed by atoms with E-state index in [1.807, 2.05) is 0 Å². The van der Waals surface area contributed by atoms with E-state index in [-0.39, 0.29) is 11.3 Å². The lowest BCUT2D eigenvalue weighted by Gasteiger charge is -2.17. The molecule has 96 valence electrons. The molecule has 0 radical (unpaired) electrons. The third kappa shape index (κ3) is 1.99. The van der Waals surface area contributed by atoms with Crippen LogP contribution in [0.25, 0.3) is 11.1 Å². The molecule has 0 saturated carbocycles. The highest BCUT2D eigenvalue weighted by molar-refractivity contribution is 6.00. The van der Waals surface area contributed by atoms with Crippen LogP contribution in [0.3, 0.4) is 0 Å². The first-order valence-electron chi connectivity index (χ1n) is 5.91. The van der Waals surface area contributed by atoms with Gasteiger partial charge in [0.15, 0.2) is 17.4 Å². The number of carbonyl (C=O) groups excluding carboxylic acids is 1. The molecule has 1 aliphatic rings. The van der Waals surface area contributed by atoms with Crippen LogP contribution in [0.2, 0.25) is 0 Å². The van der Waals surface area contributed by atoms with E-state index >= 15 is 0 Å². The molecule has 0 spiro atoms. The third-order valence-corrected chi connectivity index (χ3v) is 3.13. The van der Waals surface area contributed by atoms with Crippen molar-refractivity contribution in [1.29, 1.82) is 0 Å². The van der Waals surface area contributed by atoms with Gasteiger partial charge in [0.2, 0.25) is 0 Å². The van der Waals surface area contributed by atoms with Crippen molar-refractivity contribution < 1.29 is 18.3 Å². The molecular formula is C15H10F2O2. The number of benzene rings is 2. The number of hydrogen-bond donors (Lipinski definition) is 0. The van der Waals surface area contributed by atoms with Gasteiger partial charge in [0, 0.05) is 12.0 Å². The molecule has 0 unspecified atom stereocenters. The van der Waals surface area contributed by atoms with Crippen molar-refractivity contribution in [3.63, 3.8) is 0 Å². The molecule has 0 N–H and O–H groups in total. The monoisotopic (exact) mass is 260 g/mol. The molecule has 19 heavy (non-hydrogen) atoms. The van der Waals surface area contributed by atoms with Gasteiger partial charge in [-0.2, -0.15) is 0 Å². The maximum absolute atomic E-state index is 13.7. The first kappa shape index (κ1) is 11.8. The van der Waals surface area contributed by atoms with Crippen molar-refractivity contribution in [2.75, 3.05) is 6.61 Å². The molecular weight excluding hydrogens is 250 g/mol. The Morgan fingerprint density at radius 3 is 2.74 bits per heavy atom. The molecule has 0 bridgehead atoms. The summed E-state index contributed by atoms with van der Waals surface area (Å²) in [6.07, 6.45) is 0.348. The summed E-state index contributed by atoms with van der Waals surface area (Å²) in [5.41, 5.74) is 1.14. The Kier molecular flexibility index (Phi) is 2.78. The van der Waals surface area contributed by atoms with Gasteiger partial charge in [-0.15, -0.1) is 0 Å². The molecule has 3 rings (SSSR count). The Morgan fingerprint density at radius 1 is 1.05 bits per heavy atom. The molecule has 2 aromatic carbocycles. The van der Waals surface area contributed by atoms with Crippen LogP contribution in [0.1, 0.15) is 16.8 Å². The van der Waals surface area contributed by atoms with Gasteiger partial charge in [0.25, 0.3) is 0 Å². The van der Waals surface area contributed by atoms with Crippen molar-refractivity contribution in [2.24, 2.45) is 0 Å². The second-order valence-electron chi connectivity index (χ2n) is 4.33. The summed E-state index contributed by atoms with van der Waals surface area (Å²) in [6.45, 7) is 0.320. The number of rotatable bonds is 1. The fourth-order valence-corrected chi connectivity index (χ4v) is 2.15. The van der Waals surface area contributed by atoms with Crippen LogP contribution >= 0.6 is 0 Å².